The molecule has 1 aliphatic rings. The molecule has 0 bridgehead atoms. The third-order valence-corrected chi connectivity index (χ3v) is 6.18. The number of nitrogens with one attached hydrogen (secondary N) is 2. The van der Waals surface area contributed by atoms with Crippen molar-refractivity contribution in [3.05, 3.63) is 82.9 Å². The molecule has 0 fully saturated rings. The standard InChI is InChI=1S/C22H19ClN2O5S/c23-17-3-1-2-15(12-17)14-24-22(26)16-4-6-18(7-5-16)25-31(27,28)19-8-9-20-21(13-19)30-11-10-29-20/h1-9,12-13,25H,10-11,14H2,(H,24,26). The van der Waals surface area contributed by atoms with Crippen LogP contribution in [0, 0.1) is 0 Å². The number of amides is 1. The van der Waals surface area contributed by atoms with Crippen molar-refractivity contribution in [2.45, 2.75) is 11.4 Å². The van der Waals surface area contributed by atoms with E-state index >= 15 is 0 Å². The van der Waals surface area contributed by atoms with Crippen molar-refractivity contribution >= 4 is 33.2 Å². The molecule has 0 atom stereocenters. The van der Waals surface area contributed by atoms with Crippen molar-refractivity contribution in [1.29, 1.82) is 0 Å². The van der Waals surface area contributed by atoms with Crippen LogP contribution in [0.1, 0.15) is 15.9 Å². The van der Waals surface area contributed by atoms with Crippen LogP contribution in [0.15, 0.2) is 71.6 Å². The van der Waals surface area contributed by atoms with Crippen molar-refractivity contribution < 1.29 is 22.7 Å². The normalized spacial score (nSPS) is 12.8. The van der Waals surface area contributed by atoms with Gasteiger partial charge in [0.2, 0.25) is 0 Å². The van der Waals surface area contributed by atoms with Gasteiger partial charge in [-0.3, -0.25) is 9.52 Å². The van der Waals surface area contributed by atoms with Gasteiger partial charge in [0.15, 0.2) is 11.5 Å². The monoisotopic (exact) mass is 458 g/mol. The quantitative estimate of drug-likeness (QED) is 0.585. The van der Waals surface area contributed by atoms with E-state index in [0.29, 0.717) is 47.5 Å². The van der Waals surface area contributed by atoms with Crippen molar-refractivity contribution in [3.8, 4) is 11.5 Å². The van der Waals surface area contributed by atoms with Crippen molar-refractivity contribution in [2.24, 2.45) is 0 Å². The summed E-state index contributed by atoms with van der Waals surface area (Å²) < 4.78 is 38.8. The lowest BCUT2D eigenvalue weighted by molar-refractivity contribution is 0.0951. The number of anilines is 1. The van der Waals surface area contributed by atoms with Gasteiger partial charge in [0.25, 0.3) is 15.9 Å². The van der Waals surface area contributed by atoms with Crippen molar-refractivity contribution in [2.75, 3.05) is 17.9 Å². The van der Waals surface area contributed by atoms with Crippen LogP contribution >= 0.6 is 11.6 Å². The predicted octanol–water partition coefficient (Wildman–Crippen LogP) is 3.84. The number of carbonyl (C=O) groups excluding carboxylic acids is 1. The van der Waals surface area contributed by atoms with E-state index in [2.05, 4.69) is 10.0 Å². The largest absolute Gasteiger partial charge is 0.486 e. The van der Waals surface area contributed by atoms with E-state index in [1.54, 1.807) is 30.3 Å². The molecule has 0 aromatic heterocycles. The Morgan fingerprint density at radius 3 is 2.42 bits per heavy atom. The third kappa shape index (κ3) is 5.10. The highest BCUT2D eigenvalue weighted by Crippen LogP contribution is 2.32. The molecule has 0 saturated heterocycles. The molecule has 0 aliphatic carbocycles. The van der Waals surface area contributed by atoms with Gasteiger partial charge in [-0.1, -0.05) is 23.7 Å². The minimum Gasteiger partial charge on any atom is -0.486 e. The maximum atomic E-state index is 12.7. The topological polar surface area (TPSA) is 93.7 Å². The molecule has 2 N–H and O–H groups in total. The summed E-state index contributed by atoms with van der Waals surface area (Å²) in [5, 5.41) is 3.40. The lowest BCUT2D eigenvalue weighted by Crippen LogP contribution is -2.22. The first-order valence-corrected chi connectivity index (χ1v) is 11.3. The minimum absolute atomic E-state index is 0.0556. The second-order valence-electron chi connectivity index (χ2n) is 6.80. The van der Waals surface area contributed by atoms with Gasteiger partial charge >= 0.3 is 0 Å². The van der Waals surface area contributed by atoms with Crippen LogP contribution in [0.5, 0.6) is 11.5 Å². The highest BCUT2D eigenvalue weighted by molar-refractivity contribution is 7.92. The number of halogens is 1. The zero-order valence-electron chi connectivity index (χ0n) is 16.3. The molecule has 0 saturated carbocycles. The van der Waals surface area contributed by atoms with Crippen LogP contribution in [0.25, 0.3) is 0 Å². The maximum absolute atomic E-state index is 12.7. The molecule has 7 nitrogen and oxygen atoms in total. The average Bonchev–Trinajstić information content (AvgIpc) is 2.77. The Bertz CT molecular complexity index is 1210. The first-order chi connectivity index (χ1) is 14.9. The number of sulfonamides is 1. The highest BCUT2D eigenvalue weighted by atomic mass is 35.5. The fourth-order valence-electron chi connectivity index (χ4n) is 3.03. The smallest absolute Gasteiger partial charge is 0.262 e. The summed E-state index contributed by atoms with van der Waals surface area (Å²) in [7, 11) is -3.83. The Morgan fingerprint density at radius 1 is 0.935 bits per heavy atom. The van der Waals surface area contributed by atoms with Crippen molar-refractivity contribution in [1.82, 2.24) is 5.32 Å². The zero-order chi connectivity index (χ0) is 21.8. The van der Waals surface area contributed by atoms with Gasteiger partial charge in [0.05, 0.1) is 4.90 Å². The summed E-state index contributed by atoms with van der Waals surface area (Å²) in [4.78, 5) is 12.4. The fourth-order valence-corrected chi connectivity index (χ4v) is 4.31. The lowest BCUT2D eigenvalue weighted by Gasteiger charge is -2.19. The molecule has 3 aromatic rings. The van der Waals surface area contributed by atoms with E-state index in [-0.39, 0.29) is 10.8 Å². The van der Waals surface area contributed by atoms with E-state index < -0.39 is 10.0 Å². The Balaban J connectivity index is 1.41. The van der Waals surface area contributed by atoms with Crippen LogP contribution in [0.2, 0.25) is 5.02 Å². The SMILES string of the molecule is O=C(NCc1cccc(Cl)c1)c1ccc(NS(=O)(=O)c2ccc3c(c2)OCCO3)cc1. The fraction of sp³-hybridized carbons (Fsp3) is 0.136. The van der Waals surface area contributed by atoms with Gasteiger partial charge in [-0.05, 0) is 54.1 Å². The molecule has 1 amide bonds. The van der Waals surface area contributed by atoms with E-state index in [9.17, 15) is 13.2 Å². The van der Waals surface area contributed by atoms with Crippen LogP contribution in [-0.2, 0) is 16.6 Å². The number of benzene rings is 3. The Morgan fingerprint density at radius 2 is 1.68 bits per heavy atom. The molecule has 31 heavy (non-hydrogen) atoms. The van der Waals surface area contributed by atoms with Gasteiger partial charge in [-0.25, -0.2) is 8.42 Å². The molecular weight excluding hydrogens is 440 g/mol. The molecule has 3 aromatic carbocycles. The van der Waals surface area contributed by atoms with Gasteiger partial charge < -0.3 is 14.8 Å². The zero-order valence-corrected chi connectivity index (χ0v) is 17.9. The summed E-state index contributed by atoms with van der Waals surface area (Å²) in [5.74, 6) is 0.625. The van der Waals surface area contributed by atoms with E-state index in [4.69, 9.17) is 21.1 Å². The van der Waals surface area contributed by atoms with Crippen LogP contribution in [-0.4, -0.2) is 27.5 Å². The lowest BCUT2D eigenvalue weighted by atomic mass is 10.2. The first kappa shape index (κ1) is 21.0. The second kappa shape index (κ2) is 8.87. The summed E-state index contributed by atoms with van der Waals surface area (Å²) in [6, 6.07) is 17.8. The Kier molecular flexibility index (Phi) is 6.01. The molecule has 1 heterocycles. The predicted molar refractivity (Wildman–Crippen MR) is 117 cm³/mol. The van der Waals surface area contributed by atoms with Crippen molar-refractivity contribution in [3.63, 3.8) is 0 Å². The second-order valence-corrected chi connectivity index (χ2v) is 8.92. The summed E-state index contributed by atoms with van der Waals surface area (Å²) in [5.41, 5.74) is 1.62. The van der Waals surface area contributed by atoms with Crippen LogP contribution in [0.3, 0.4) is 0 Å². The molecule has 4 rings (SSSR count). The molecule has 0 spiro atoms. The Hall–Kier alpha value is -3.23. The molecule has 160 valence electrons. The average molecular weight is 459 g/mol. The van der Waals surface area contributed by atoms with Gasteiger partial charge in [0, 0.05) is 28.9 Å². The van der Waals surface area contributed by atoms with E-state index in [1.165, 1.54) is 24.3 Å². The minimum atomic E-state index is -3.83. The highest BCUT2D eigenvalue weighted by Gasteiger charge is 2.19. The summed E-state index contributed by atoms with van der Waals surface area (Å²) in [6.07, 6.45) is 0. The molecule has 0 radical (unpaired) electrons. The van der Waals surface area contributed by atoms with Gasteiger partial charge in [-0.2, -0.15) is 0 Å². The number of ether oxygens (including phenoxy) is 2. The molecule has 9 heteroatoms. The summed E-state index contributed by atoms with van der Waals surface area (Å²) in [6.45, 7) is 1.12. The van der Waals surface area contributed by atoms with Gasteiger partial charge in [-0.15, -0.1) is 0 Å². The number of carbonyl (C=O) groups is 1. The van der Waals surface area contributed by atoms with Crippen LogP contribution in [0.4, 0.5) is 5.69 Å². The maximum Gasteiger partial charge on any atom is 0.262 e. The Labute approximate surface area is 185 Å². The number of hydrogen-bond donors (Lipinski definition) is 2. The molecule has 1 aliphatic heterocycles. The summed E-state index contributed by atoms with van der Waals surface area (Å²) >= 11 is 5.94. The number of hydrogen-bond acceptors (Lipinski definition) is 5. The number of rotatable bonds is 6. The van der Waals surface area contributed by atoms with E-state index in [1.807, 2.05) is 12.1 Å². The number of fused-ring (bicyclic) bond motifs is 1. The molecular formula is C22H19ClN2O5S. The molecule has 0 unspecified atom stereocenters. The third-order valence-electron chi connectivity index (χ3n) is 4.57. The van der Waals surface area contributed by atoms with Crippen LogP contribution < -0.4 is 19.5 Å². The first-order valence-electron chi connectivity index (χ1n) is 9.46. The van der Waals surface area contributed by atoms with Gasteiger partial charge in [0.1, 0.15) is 13.2 Å². The van der Waals surface area contributed by atoms with E-state index in [0.717, 1.165) is 5.56 Å².